The molecule has 2 aromatic rings. The summed E-state index contributed by atoms with van der Waals surface area (Å²) in [7, 11) is 0. The number of hydrogen-bond donors (Lipinski definition) is 2. The predicted octanol–water partition coefficient (Wildman–Crippen LogP) is 4.42. The second-order valence-electron chi connectivity index (χ2n) is 6.68. The van der Waals surface area contributed by atoms with E-state index in [0.717, 1.165) is 23.4 Å². The van der Waals surface area contributed by atoms with E-state index in [1.165, 1.54) is 12.8 Å². The number of amidine groups is 1. The SMILES string of the molecule is Cl.NC1=N[C@@]2(c3cccc(NC(=O)c4ccccc4)c3)CCCC2CS1. The van der Waals surface area contributed by atoms with Crippen LogP contribution in [0.4, 0.5) is 5.69 Å². The van der Waals surface area contributed by atoms with Gasteiger partial charge in [-0.15, -0.1) is 12.4 Å². The van der Waals surface area contributed by atoms with Crippen LogP contribution in [0.15, 0.2) is 59.6 Å². The van der Waals surface area contributed by atoms with E-state index in [-0.39, 0.29) is 23.9 Å². The number of aliphatic imine (C=N–C) groups is 1. The summed E-state index contributed by atoms with van der Waals surface area (Å²) in [5.41, 5.74) is 8.45. The fourth-order valence-electron chi connectivity index (χ4n) is 3.95. The fraction of sp³-hybridized carbons (Fsp3) is 0.300. The number of halogens is 1. The maximum absolute atomic E-state index is 12.4. The molecule has 1 saturated carbocycles. The molecule has 1 heterocycles. The second kappa shape index (κ2) is 7.72. The maximum atomic E-state index is 12.4. The highest BCUT2D eigenvalue weighted by molar-refractivity contribution is 8.13. The molecule has 3 N–H and O–H groups in total. The summed E-state index contributed by atoms with van der Waals surface area (Å²) in [6, 6.07) is 17.4. The van der Waals surface area contributed by atoms with Gasteiger partial charge in [-0.1, -0.05) is 48.5 Å². The van der Waals surface area contributed by atoms with E-state index >= 15 is 0 Å². The first-order chi connectivity index (χ1) is 12.2. The fourth-order valence-corrected chi connectivity index (χ4v) is 4.99. The molecule has 0 saturated heterocycles. The van der Waals surface area contributed by atoms with Gasteiger partial charge in [0.1, 0.15) is 0 Å². The molecule has 4 rings (SSSR count). The summed E-state index contributed by atoms with van der Waals surface area (Å²) >= 11 is 1.66. The minimum absolute atomic E-state index is 0. The molecule has 0 aromatic heterocycles. The van der Waals surface area contributed by atoms with Crippen LogP contribution >= 0.6 is 24.2 Å². The molecule has 6 heteroatoms. The lowest BCUT2D eigenvalue weighted by molar-refractivity contribution is 0.102. The Kier molecular flexibility index (Phi) is 5.58. The molecule has 26 heavy (non-hydrogen) atoms. The third-order valence-corrected chi connectivity index (χ3v) is 6.14. The maximum Gasteiger partial charge on any atom is 0.255 e. The number of hydrogen-bond acceptors (Lipinski definition) is 4. The van der Waals surface area contributed by atoms with Gasteiger partial charge < -0.3 is 11.1 Å². The molecule has 1 unspecified atom stereocenters. The van der Waals surface area contributed by atoms with E-state index in [2.05, 4.69) is 17.4 Å². The summed E-state index contributed by atoms with van der Waals surface area (Å²) < 4.78 is 0. The van der Waals surface area contributed by atoms with Crippen molar-refractivity contribution >= 4 is 40.9 Å². The number of carbonyl (C=O) groups is 1. The monoisotopic (exact) mass is 387 g/mol. The Hall–Kier alpha value is -1.98. The number of nitrogens with two attached hydrogens (primary N) is 1. The molecular formula is C20H22ClN3OS. The topological polar surface area (TPSA) is 67.5 Å². The number of fused-ring (bicyclic) bond motifs is 1. The zero-order chi connectivity index (χ0) is 17.3. The van der Waals surface area contributed by atoms with Crippen LogP contribution in [-0.4, -0.2) is 16.8 Å². The first-order valence-electron chi connectivity index (χ1n) is 8.62. The molecule has 1 aliphatic heterocycles. The van der Waals surface area contributed by atoms with Crippen molar-refractivity contribution < 1.29 is 4.79 Å². The molecule has 4 nitrogen and oxygen atoms in total. The summed E-state index contributed by atoms with van der Waals surface area (Å²) in [4.78, 5) is 17.3. The Bertz CT molecular complexity index is 827. The van der Waals surface area contributed by atoms with Gasteiger partial charge in [0.2, 0.25) is 0 Å². The first kappa shape index (κ1) is 18.8. The van der Waals surface area contributed by atoms with E-state index in [9.17, 15) is 4.79 Å². The van der Waals surface area contributed by atoms with Crippen molar-refractivity contribution in [1.29, 1.82) is 0 Å². The lowest BCUT2D eigenvalue weighted by Gasteiger charge is -2.36. The zero-order valence-electron chi connectivity index (χ0n) is 14.4. The summed E-state index contributed by atoms with van der Waals surface area (Å²) in [5, 5.41) is 3.68. The van der Waals surface area contributed by atoms with Crippen molar-refractivity contribution in [3.8, 4) is 0 Å². The molecule has 0 spiro atoms. The predicted molar refractivity (Wildman–Crippen MR) is 111 cm³/mol. The molecular weight excluding hydrogens is 366 g/mol. The van der Waals surface area contributed by atoms with E-state index in [4.69, 9.17) is 10.7 Å². The molecule has 2 aromatic carbocycles. The second-order valence-corrected chi connectivity index (χ2v) is 7.72. The normalized spacial score (nSPS) is 24.2. The molecule has 2 aliphatic rings. The van der Waals surface area contributed by atoms with Crippen molar-refractivity contribution in [3.63, 3.8) is 0 Å². The van der Waals surface area contributed by atoms with E-state index in [1.54, 1.807) is 11.8 Å². The van der Waals surface area contributed by atoms with Gasteiger partial charge in [-0.25, -0.2) is 0 Å². The van der Waals surface area contributed by atoms with Crippen LogP contribution in [0.2, 0.25) is 0 Å². The van der Waals surface area contributed by atoms with Gasteiger partial charge in [0.15, 0.2) is 5.17 Å². The minimum atomic E-state index is -0.219. The highest BCUT2D eigenvalue weighted by Crippen LogP contribution is 2.50. The number of carbonyl (C=O) groups excluding carboxylic acids is 1. The molecule has 1 aliphatic carbocycles. The Morgan fingerprint density at radius 2 is 2.00 bits per heavy atom. The Morgan fingerprint density at radius 3 is 2.81 bits per heavy atom. The largest absolute Gasteiger partial charge is 0.379 e. The van der Waals surface area contributed by atoms with Crippen LogP contribution in [0.5, 0.6) is 0 Å². The summed E-state index contributed by atoms with van der Waals surface area (Å²) in [6.07, 6.45) is 3.38. The average Bonchev–Trinajstić information content (AvgIpc) is 3.07. The number of amides is 1. The summed E-state index contributed by atoms with van der Waals surface area (Å²) in [6.45, 7) is 0. The van der Waals surface area contributed by atoms with Crippen LogP contribution in [0.3, 0.4) is 0 Å². The van der Waals surface area contributed by atoms with Crippen molar-refractivity contribution in [2.45, 2.75) is 24.8 Å². The number of thioether (sulfide) groups is 1. The number of rotatable bonds is 3. The Labute approximate surface area is 164 Å². The number of nitrogens with zero attached hydrogens (tertiary/aromatic N) is 1. The van der Waals surface area contributed by atoms with Crippen molar-refractivity contribution in [1.82, 2.24) is 0 Å². The van der Waals surface area contributed by atoms with Gasteiger partial charge in [-0.3, -0.25) is 9.79 Å². The third-order valence-electron chi connectivity index (χ3n) is 5.18. The molecule has 1 fully saturated rings. The van der Waals surface area contributed by atoms with Gasteiger partial charge in [0.05, 0.1) is 5.54 Å². The van der Waals surface area contributed by atoms with E-state index < -0.39 is 0 Å². The highest BCUT2D eigenvalue weighted by Gasteiger charge is 2.46. The van der Waals surface area contributed by atoms with Crippen LogP contribution < -0.4 is 11.1 Å². The molecule has 1 amide bonds. The molecule has 2 atom stereocenters. The van der Waals surface area contributed by atoms with Crippen LogP contribution in [0.25, 0.3) is 0 Å². The molecule has 136 valence electrons. The van der Waals surface area contributed by atoms with Gasteiger partial charge in [0, 0.05) is 17.0 Å². The lowest BCUT2D eigenvalue weighted by atomic mass is 9.81. The Balaban J connectivity index is 0.00000196. The van der Waals surface area contributed by atoms with Crippen molar-refractivity contribution in [3.05, 3.63) is 65.7 Å². The minimum Gasteiger partial charge on any atom is -0.379 e. The number of nitrogens with one attached hydrogen (secondary N) is 1. The van der Waals surface area contributed by atoms with E-state index in [0.29, 0.717) is 16.6 Å². The van der Waals surface area contributed by atoms with Crippen molar-refractivity contribution in [2.24, 2.45) is 16.6 Å². The van der Waals surface area contributed by atoms with Gasteiger partial charge in [-0.05, 0) is 48.6 Å². The first-order valence-corrected chi connectivity index (χ1v) is 9.61. The summed E-state index contributed by atoms with van der Waals surface area (Å²) in [5.74, 6) is 1.45. The van der Waals surface area contributed by atoms with E-state index in [1.807, 2.05) is 42.5 Å². The lowest BCUT2D eigenvalue weighted by Crippen LogP contribution is -2.36. The third kappa shape index (κ3) is 3.46. The number of benzene rings is 2. The average molecular weight is 388 g/mol. The molecule has 0 radical (unpaired) electrons. The molecule has 0 bridgehead atoms. The van der Waals surface area contributed by atoms with Crippen LogP contribution in [0.1, 0.15) is 35.2 Å². The Morgan fingerprint density at radius 1 is 1.19 bits per heavy atom. The smallest absolute Gasteiger partial charge is 0.255 e. The van der Waals surface area contributed by atoms with Crippen LogP contribution in [0, 0.1) is 5.92 Å². The standard InChI is InChI=1S/C20H21N3OS.ClH/c21-19-23-20(11-5-9-16(20)13-25-19)15-8-4-10-17(12-15)22-18(24)14-6-2-1-3-7-14;/h1-4,6-8,10,12,16H,5,9,11,13H2,(H2,21,23)(H,22,24);1H/t16?,20-;/m1./s1. The van der Waals surface area contributed by atoms with Crippen molar-refractivity contribution in [2.75, 3.05) is 11.1 Å². The zero-order valence-corrected chi connectivity index (χ0v) is 16.0. The van der Waals surface area contributed by atoms with Gasteiger partial charge in [-0.2, -0.15) is 0 Å². The number of anilines is 1. The van der Waals surface area contributed by atoms with Crippen LogP contribution in [-0.2, 0) is 5.54 Å². The van der Waals surface area contributed by atoms with Gasteiger partial charge in [0.25, 0.3) is 5.91 Å². The quantitative estimate of drug-likeness (QED) is 0.819. The van der Waals surface area contributed by atoms with Gasteiger partial charge >= 0.3 is 0 Å². The highest BCUT2D eigenvalue weighted by atomic mass is 35.5.